The summed E-state index contributed by atoms with van der Waals surface area (Å²) in [7, 11) is 1.62. The summed E-state index contributed by atoms with van der Waals surface area (Å²) in [4.78, 5) is 23.1. The summed E-state index contributed by atoms with van der Waals surface area (Å²) in [5.41, 5.74) is 0. The number of nitrogens with one attached hydrogen (secondary N) is 1. The summed E-state index contributed by atoms with van der Waals surface area (Å²) in [6.07, 6.45) is 45.5. The topological polar surface area (TPSA) is 105 Å². The van der Waals surface area contributed by atoms with Gasteiger partial charge in [-0.3, -0.25) is 13.8 Å². The second-order valence-corrected chi connectivity index (χ2v) is 19.3. The number of aliphatic hydroxyl groups excluding tert-OH is 1. The molecule has 0 saturated carbocycles. The first kappa shape index (κ1) is 55.2. The molecule has 0 aliphatic heterocycles. The molecule has 3 N–H and O–H groups in total. The third kappa shape index (κ3) is 41.4. The Bertz CT molecular complexity index is 927. The van der Waals surface area contributed by atoms with E-state index < -0.39 is 20.0 Å². The molecule has 0 aliphatic rings. The van der Waals surface area contributed by atoms with Gasteiger partial charge in [-0.05, 0) is 32.1 Å². The molecule has 0 aromatic carbocycles. The van der Waals surface area contributed by atoms with E-state index in [1.807, 2.05) is 21.1 Å². The molecule has 0 aromatic heterocycles. The zero-order valence-electron chi connectivity index (χ0n) is 37.9. The van der Waals surface area contributed by atoms with Crippen LogP contribution < -0.4 is 5.32 Å². The Kier molecular flexibility index (Phi) is 39.1. The Morgan fingerprint density at radius 3 is 1.45 bits per heavy atom. The maximum Gasteiger partial charge on any atom is 0.472 e. The van der Waals surface area contributed by atoms with E-state index in [9.17, 15) is 19.4 Å². The van der Waals surface area contributed by atoms with Gasteiger partial charge < -0.3 is 19.8 Å². The number of amides is 1. The predicted octanol–water partition coefficient (Wildman–Crippen LogP) is 13.5. The first-order chi connectivity index (χ1) is 27.0. The molecule has 0 fully saturated rings. The van der Waals surface area contributed by atoms with Crippen molar-refractivity contribution in [2.75, 3.05) is 40.9 Å². The van der Waals surface area contributed by atoms with Crippen molar-refractivity contribution in [1.29, 1.82) is 0 Å². The minimum atomic E-state index is -4.31. The van der Waals surface area contributed by atoms with E-state index in [-0.39, 0.29) is 19.1 Å². The average molecular weight is 816 g/mol. The number of rotatable bonds is 44. The van der Waals surface area contributed by atoms with Crippen molar-refractivity contribution in [2.45, 2.75) is 244 Å². The molecule has 0 saturated heterocycles. The lowest BCUT2D eigenvalue weighted by Gasteiger charge is -2.26. The minimum absolute atomic E-state index is 0.0748. The van der Waals surface area contributed by atoms with Gasteiger partial charge in [-0.15, -0.1) is 0 Å². The van der Waals surface area contributed by atoms with Crippen LogP contribution in [0.4, 0.5) is 0 Å². The number of hydrogen-bond acceptors (Lipinski definition) is 5. The summed E-state index contributed by atoms with van der Waals surface area (Å²) >= 11 is 0. The summed E-state index contributed by atoms with van der Waals surface area (Å²) < 4.78 is 23.6. The molecule has 334 valence electrons. The molecule has 0 radical (unpaired) electrons. The number of phosphoric acid groups is 1. The highest BCUT2D eigenvalue weighted by atomic mass is 31.2. The Morgan fingerprint density at radius 1 is 0.589 bits per heavy atom. The van der Waals surface area contributed by atoms with Crippen molar-refractivity contribution < 1.29 is 32.9 Å². The third-order valence-corrected chi connectivity index (χ3v) is 12.0. The molecule has 1 amide bonds. The highest BCUT2D eigenvalue weighted by Crippen LogP contribution is 2.43. The molecule has 0 aliphatic carbocycles. The number of hydrogen-bond donors (Lipinski definition) is 3. The summed E-state index contributed by atoms with van der Waals surface area (Å²) in [6.45, 7) is 4.83. The quantitative estimate of drug-likeness (QED) is 0.0245. The Labute approximate surface area is 348 Å². The van der Waals surface area contributed by atoms with E-state index in [0.717, 1.165) is 57.8 Å². The van der Waals surface area contributed by atoms with E-state index in [2.05, 4.69) is 31.3 Å². The van der Waals surface area contributed by atoms with Gasteiger partial charge in [0.25, 0.3) is 0 Å². The van der Waals surface area contributed by atoms with Crippen LogP contribution in [0.5, 0.6) is 0 Å². The monoisotopic (exact) mass is 816 g/mol. The van der Waals surface area contributed by atoms with Crippen LogP contribution in [0, 0.1) is 0 Å². The number of phosphoric ester groups is 1. The molecule has 0 rings (SSSR count). The van der Waals surface area contributed by atoms with Crippen molar-refractivity contribution in [3.05, 3.63) is 12.2 Å². The maximum absolute atomic E-state index is 12.8. The summed E-state index contributed by atoms with van der Waals surface area (Å²) in [5, 5.41) is 14.0. The highest BCUT2D eigenvalue weighted by molar-refractivity contribution is 7.47. The van der Waals surface area contributed by atoms with Gasteiger partial charge in [0.15, 0.2) is 0 Å². The van der Waals surface area contributed by atoms with Gasteiger partial charge in [-0.1, -0.05) is 206 Å². The first-order valence-corrected chi connectivity index (χ1v) is 25.5. The normalized spacial score (nSPS) is 14.3. The second kappa shape index (κ2) is 39.7. The number of allylic oxidation sites excluding steroid dienone is 2. The van der Waals surface area contributed by atoms with Crippen LogP contribution in [0.15, 0.2) is 12.2 Å². The average Bonchev–Trinajstić information content (AvgIpc) is 3.15. The minimum Gasteiger partial charge on any atom is -0.391 e. The number of unbranched alkanes of at least 4 members (excludes halogenated alkanes) is 29. The van der Waals surface area contributed by atoms with Crippen LogP contribution in [0.2, 0.25) is 0 Å². The first-order valence-electron chi connectivity index (χ1n) is 24.1. The number of aliphatic hydroxyl groups is 1. The second-order valence-electron chi connectivity index (χ2n) is 17.8. The van der Waals surface area contributed by atoms with Crippen molar-refractivity contribution >= 4 is 13.7 Å². The summed E-state index contributed by atoms with van der Waals surface area (Å²) in [6, 6.07) is -0.760. The van der Waals surface area contributed by atoms with Gasteiger partial charge in [-0.2, -0.15) is 0 Å². The van der Waals surface area contributed by atoms with Gasteiger partial charge in [0.05, 0.1) is 39.9 Å². The number of carbonyl (C=O) groups is 1. The lowest BCUT2D eigenvalue weighted by Crippen LogP contribution is -2.46. The van der Waals surface area contributed by atoms with Gasteiger partial charge >= 0.3 is 7.82 Å². The van der Waals surface area contributed by atoms with Crippen LogP contribution in [0.1, 0.15) is 232 Å². The molecule has 8 nitrogen and oxygen atoms in total. The van der Waals surface area contributed by atoms with Crippen LogP contribution in [-0.2, 0) is 18.4 Å². The lowest BCUT2D eigenvalue weighted by molar-refractivity contribution is -0.870. The Hall–Kier alpha value is -0.760. The zero-order chi connectivity index (χ0) is 41.4. The molecule has 0 bridgehead atoms. The molecule has 56 heavy (non-hydrogen) atoms. The van der Waals surface area contributed by atoms with Crippen molar-refractivity contribution in [3.8, 4) is 0 Å². The maximum atomic E-state index is 12.8. The highest BCUT2D eigenvalue weighted by Gasteiger charge is 2.28. The number of likely N-dealkylation sites (N-methyl/N-ethyl adjacent to an activating group) is 1. The lowest BCUT2D eigenvalue weighted by atomic mass is 10.0. The van der Waals surface area contributed by atoms with Crippen LogP contribution in [0.3, 0.4) is 0 Å². The van der Waals surface area contributed by atoms with Gasteiger partial charge in [-0.25, -0.2) is 4.57 Å². The van der Waals surface area contributed by atoms with Gasteiger partial charge in [0.2, 0.25) is 5.91 Å². The van der Waals surface area contributed by atoms with E-state index in [0.29, 0.717) is 23.9 Å². The van der Waals surface area contributed by atoms with Crippen molar-refractivity contribution in [3.63, 3.8) is 0 Å². The van der Waals surface area contributed by atoms with Gasteiger partial charge in [0, 0.05) is 6.42 Å². The van der Waals surface area contributed by atoms with Gasteiger partial charge in [0.1, 0.15) is 13.2 Å². The molecular weight excluding hydrogens is 719 g/mol. The molecule has 3 atom stereocenters. The third-order valence-electron chi connectivity index (χ3n) is 11.0. The fraction of sp³-hybridized carbons (Fsp3) is 0.936. The molecule has 3 unspecified atom stereocenters. The van der Waals surface area contributed by atoms with Crippen LogP contribution >= 0.6 is 7.82 Å². The molecule has 9 heteroatoms. The molecule has 0 heterocycles. The van der Waals surface area contributed by atoms with E-state index in [4.69, 9.17) is 9.05 Å². The number of quaternary nitrogens is 1. The molecule has 0 aromatic rings. The van der Waals surface area contributed by atoms with E-state index in [1.165, 1.54) is 148 Å². The van der Waals surface area contributed by atoms with Crippen LogP contribution in [0.25, 0.3) is 0 Å². The zero-order valence-corrected chi connectivity index (χ0v) is 38.8. The van der Waals surface area contributed by atoms with E-state index in [1.54, 1.807) is 0 Å². The van der Waals surface area contributed by atoms with E-state index >= 15 is 0 Å². The summed E-state index contributed by atoms with van der Waals surface area (Å²) in [5.74, 6) is -0.154. The number of carbonyl (C=O) groups excluding carboxylic acids is 1. The standard InChI is InChI=1S/C47H95N2O6P/c1-6-8-10-12-14-16-18-19-20-21-22-23-24-25-26-27-28-29-30-31-32-34-36-38-40-46(50)45(44-55-56(52,53)54-43-42-49(3,4)5)48-47(51)41-39-37-35-33-17-15-13-11-9-7-2/h11,13,45-46,50H,6-10,12,14-44H2,1-5H3,(H-,48,51,52,53)/p+1/b13-11-. The SMILES string of the molecule is CCC/C=C\CCCCCCCC(=O)NC(COP(=O)(O)OCC[N+](C)(C)C)C(O)CCCCCCCCCCCCCCCCCCCCCCCCCC. The fourth-order valence-corrected chi connectivity index (χ4v) is 7.90. The largest absolute Gasteiger partial charge is 0.472 e. The molecule has 0 spiro atoms. The predicted molar refractivity (Wildman–Crippen MR) is 240 cm³/mol. The Balaban J connectivity index is 4.14. The van der Waals surface area contributed by atoms with Crippen molar-refractivity contribution in [1.82, 2.24) is 5.32 Å². The number of nitrogens with zero attached hydrogens (tertiary/aromatic N) is 1. The molecular formula is C47H96N2O6P+. The van der Waals surface area contributed by atoms with Crippen LogP contribution in [-0.4, -0.2) is 73.4 Å². The fourth-order valence-electron chi connectivity index (χ4n) is 7.17. The smallest absolute Gasteiger partial charge is 0.391 e. The van der Waals surface area contributed by atoms with Crippen molar-refractivity contribution in [2.24, 2.45) is 0 Å². The Morgan fingerprint density at radius 2 is 1.00 bits per heavy atom.